The van der Waals surface area contributed by atoms with Gasteiger partial charge < -0.3 is 14.0 Å². The molecule has 136 valence electrons. The van der Waals surface area contributed by atoms with Gasteiger partial charge >= 0.3 is 5.97 Å². The van der Waals surface area contributed by atoms with Crippen LogP contribution in [0.1, 0.15) is 15.9 Å². The molecule has 4 aromatic rings. The van der Waals surface area contributed by atoms with E-state index in [0.29, 0.717) is 28.5 Å². The summed E-state index contributed by atoms with van der Waals surface area (Å²) in [6.07, 6.45) is 3.38. The molecule has 4 rings (SSSR count). The fraction of sp³-hybridized carbons (Fsp3) is 0.150. The molecule has 0 radical (unpaired) electrons. The number of pyridine rings is 2. The Labute approximate surface area is 160 Å². The first-order valence-electron chi connectivity index (χ1n) is 8.25. The van der Waals surface area contributed by atoms with Gasteiger partial charge in [-0.25, -0.2) is 9.78 Å². The predicted octanol–water partition coefficient (Wildman–Crippen LogP) is 4.08. The fourth-order valence-electron chi connectivity index (χ4n) is 3.10. The Bertz CT molecular complexity index is 1170. The number of carbonyl (C=O) groups is 1. The molecule has 1 aromatic carbocycles. The summed E-state index contributed by atoms with van der Waals surface area (Å²) >= 11 is 6.05. The molecule has 0 spiro atoms. The fourth-order valence-corrected chi connectivity index (χ4v) is 3.27. The maximum Gasteiger partial charge on any atom is 0.341 e. The van der Waals surface area contributed by atoms with Crippen LogP contribution in [0.4, 0.5) is 0 Å². The average molecular weight is 382 g/mol. The standard InChI is InChI=1S/C20H16ClN3O3/c1-26-18-6-5-17-19(23-18)15(20(25)27-2)11-24(17)10-12-3-4-16-13(7-12)8-14(21)9-22-16/h3-9,11H,10H2,1-2H3. The number of carbonyl (C=O) groups excluding carboxylic acids is 1. The van der Waals surface area contributed by atoms with E-state index in [0.717, 1.165) is 22.0 Å². The van der Waals surface area contributed by atoms with Crippen molar-refractivity contribution < 1.29 is 14.3 Å². The van der Waals surface area contributed by atoms with Crippen LogP contribution in [0.25, 0.3) is 21.9 Å². The van der Waals surface area contributed by atoms with E-state index in [-0.39, 0.29) is 0 Å². The number of hydrogen-bond donors (Lipinski definition) is 0. The van der Waals surface area contributed by atoms with Crippen LogP contribution in [-0.2, 0) is 11.3 Å². The van der Waals surface area contributed by atoms with Gasteiger partial charge in [0.25, 0.3) is 0 Å². The van der Waals surface area contributed by atoms with Crippen LogP contribution in [0.15, 0.2) is 48.8 Å². The lowest BCUT2D eigenvalue weighted by Gasteiger charge is -2.07. The zero-order valence-electron chi connectivity index (χ0n) is 14.8. The summed E-state index contributed by atoms with van der Waals surface area (Å²) < 4.78 is 12.0. The molecule has 0 unspecified atom stereocenters. The van der Waals surface area contributed by atoms with E-state index < -0.39 is 5.97 Å². The van der Waals surface area contributed by atoms with Crippen LogP contribution >= 0.6 is 11.6 Å². The van der Waals surface area contributed by atoms with E-state index in [1.165, 1.54) is 14.2 Å². The van der Waals surface area contributed by atoms with Crippen molar-refractivity contribution in [3.63, 3.8) is 0 Å². The number of aromatic nitrogens is 3. The second-order valence-corrected chi connectivity index (χ2v) is 6.50. The monoisotopic (exact) mass is 381 g/mol. The molecular weight excluding hydrogens is 366 g/mol. The number of ether oxygens (including phenoxy) is 2. The van der Waals surface area contributed by atoms with Gasteiger partial charge in [0.2, 0.25) is 5.88 Å². The number of methoxy groups -OCH3 is 2. The minimum absolute atomic E-state index is 0.400. The van der Waals surface area contributed by atoms with Crippen LogP contribution in [0, 0.1) is 0 Å². The van der Waals surface area contributed by atoms with Crippen molar-refractivity contribution in [1.29, 1.82) is 0 Å². The van der Waals surface area contributed by atoms with Crippen molar-refractivity contribution in [3.05, 3.63) is 64.9 Å². The summed E-state index contributed by atoms with van der Waals surface area (Å²) in [5.41, 5.74) is 3.70. The Morgan fingerprint density at radius 3 is 2.81 bits per heavy atom. The third-order valence-corrected chi connectivity index (χ3v) is 4.58. The topological polar surface area (TPSA) is 66.2 Å². The molecule has 0 aliphatic carbocycles. The van der Waals surface area contributed by atoms with Gasteiger partial charge in [0.1, 0.15) is 11.1 Å². The smallest absolute Gasteiger partial charge is 0.341 e. The summed E-state index contributed by atoms with van der Waals surface area (Å²) in [6.45, 7) is 0.559. The van der Waals surface area contributed by atoms with E-state index in [4.69, 9.17) is 21.1 Å². The number of fused-ring (bicyclic) bond motifs is 2. The summed E-state index contributed by atoms with van der Waals surface area (Å²) in [5, 5.41) is 1.56. The van der Waals surface area contributed by atoms with E-state index in [1.54, 1.807) is 18.5 Å². The van der Waals surface area contributed by atoms with Gasteiger partial charge in [0.15, 0.2) is 0 Å². The molecule has 7 heteroatoms. The quantitative estimate of drug-likeness (QED) is 0.498. The van der Waals surface area contributed by atoms with E-state index >= 15 is 0 Å². The highest BCUT2D eigenvalue weighted by Gasteiger charge is 2.18. The van der Waals surface area contributed by atoms with Crippen LogP contribution in [0.3, 0.4) is 0 Å². The van der Waals surface area contributed by atoms with Gasteiger partial charge in [-0.2, -0.15) is 0 Å². The number of benzene rings is 1. The zero-order valence-corrected chi connectivity index (χ0v) is 15.5. The van der Waals surface area contributed by atoms with E-state index in [2.05, 4.69) is 9.97 Å². The minimum atomic E-state index is -0.436. The van der Waals surface area contributed by atoms with Gasteiger partial charge in [0, 0.05) is 30.4 Å². The lowest BCUT2D eigenvalue weighted by Crippen LogP contribution is -2.01. The van der Waals surface area contributed by atoms with Gasteiger partial charge in [-0.15, -0.1) is 0 Å². The van der Waals surface area contributed by atoms with Gasteiger partial charge in [-0.05, 0) is 29.8 Å². The minimum Gasteiger partial charge on any atom is -0.481 e. The molecule has 3 heterocycles. The molecule has 0 saturated heterocycles. The van der Waals surface area contributed by atoms with Crippen molar-refractivity contribution in [2.45, 2.75) is 6.54 Å². The molecule has 3 aromatic heterocycles. The van der Waals surface area contributed by atoms with Crippen molar-refractivity contribution in [2.75, 3.05) is 14.2 Å². The van der Waals surface area contributed by atoms with Crippen LogP contribution in [0.5, 0.6) is 5.88 Å². The lowest BCUT2D eigenvalue weighted by molar-refractivity contribution is 0.0602. The lowest BCUT2D eigenvalue weighted by atomic mass is 10.1. The zero-order chi connectivity index (χ0) is 19.0. The van der Waals surface area contributed by atoms with Crippen molar-refractivity contribution >= 4 is 39.5 Å². The Morgan fingerprint density at radius 1 is 1.19 bits per heavy atom. The maximum atomic E-state index is 12.2. The number of halogens is 1. The Kier molecular flexibility index (Phi) is 4.41. The van der Waals surface area contributed by atoms with E-state index in [1.807, 2.05) is 34.9 Å². The SMILES string of the molecule is COC(=O)c1cn(Cc2ccc3ncc(Cl)cc3c2)c2ccc(OC)nc12. The highest BCUT2D eigenvalue weighted by atomic mass is 35.5. The molecule has 6 nitrogen and oxygen atoms in total. The molecule has 0 atom stereocenters. The molecule has 0 bridgehead atoms. The summed E-state index contributed by atoms with van der Waals surface area (Å²) in [7, 11) is 2.89. The molecule has 0 aliphatic rings. The number of esters is 1. The molecule has 27 heavy (non-hydrogen) atoms. The maximum absolute atomic E-state index is 12.2. The molecule has 0 saturated carbocycles. The largest absolute Gasteiger partial charge is 0.481 e. The number of hydrogen-bond acceptors (Lipinski definition) is 5. The molecule has 0 amide bonds. The summed E-state index contributed by atoms with van der Waals surface area (Å²) in [5.74, 6) is 0.00539. The Balaban J connectivity index is 1.80. The third-order valence-electron chi connectivity index (χ3n) is 4.38. The van der Waals surface area contributed by atoms with Crippen molar-refractivity contribution in [3.8, 4) is 5.88 Å². The molecule has 0 fully saturated rings. The molecule has 0 aliphatic heterocycles. The second-order valence-electron chi connectivity index (χ2n) is 6.06. The molecule has 0 N–H and O–H groups in total. The predicted molar refractivity (Wildman–Crippen MR) is 103 cm³/mol. The Morgan fingerprint density at radius 2 is 2.04 bits per heavy atom. The average Bonchev–Trinajstić information content (AvgIpc) is 3.04. The van der Waals surface area contributed by atoms with Gasteiger partial charge in [-0.3, -0.25) is 4.98 Å². The van der Waals surface area contributed by atoms with Crippen LogP contribution in [0.2, 0.25) is 5.02 Å². The first-order chi connectivity index (χ1) is 13.1. The second kappa shape index (κ2) is 6.89. The first-order valence-corrected chi connectivity index (χ1v) is 8.63. The van der Waals surface area contributed by atoms with Crippen LogP contribution in [-0.4, -0.2) is 34.7 Å². The summed E-state index contributed by atoms with van der Waals surface area (Å²) in [6, 6.07) is 11.5. The van der Waals surface area contributed by atoms with Gasteiger partial charge in [-0.1, -0.05) is 17.7 Å². The highest BCUT2D eigenvalue weighted by Crippen LogP contribution is 2.25. The third kappa shape index (κ3) is 3.19. The molecular formula is C20H16ClN3O3. The van der Waals surface area contributed by atoms with Crippen molar-refractivity contribution in [2.24, 2.45) is 0 Å². The van der Waals surface area contributed by atoms with Crippen LogP contribution < -0.4 is 4.74 Å². The number of rotatable bonds is 4. The van der Waals surface area contributed by atoms with E-state index in [9.17, 15) is 4.79 Å². The highest BCUT2D eigenvalue weighted by molar-refractivity contribution is 6.31. The normalized spacial score (nSPS) is 11.1. The first kappa shape index (κ1) is 17.3. The summed E-state index contributed by atoms with van der Waals surface area (Å²) in [4.78, 5) is 20.9. The number of nitrogens with zero attached hydrogens (tertiary/aromatic N) is 3. The van der Waals surface area contributed by atoms with Gasteiger partial charge in [0.05, 0.1) is 30.3 Å². The Hall–Kier alpha value is -3.12. The van der Waals surface area contributed by atoms with Crippen molar-refractivity contribution in [1.82, 2.24) is 14.5 Å².